The molecule has 0 bridgehead atoms. The minimum atomic E-state index is -4.80. The quantitative estimate of drug-likeness (QED) is 0.127. The first-order valence-electron chi connectivity index (χ1n) is 18.6. The average molecular weight is 794 g/mol. The van der Waals surface area contributed by atoms with E-state index in [0.717, 1.165) is 40.3 Å². The molecule has 15 heteroatoms. The smallest absolute Gasteiger partial charge is 0.421 e. The number of carbonyl (C=O) groups excluding carboxylic acids is 1. The Hall–Kier alpha value is -4.92. The van der Waals surface area contributed by atoms with Crippen LogP contribution in [0.1, 0.15) is 66.5 Å². The zero-order valence-corrected chi connectivity index (χ0v) is 32.0. The Morgan fingerprint density at radius 3 is 2.41 bits per heavy atom. The minimum absolute atomic E-state index is 0.0548. The van der Waals surface area contributed by atoms with E-state index < -0.39 is 35.7 Å². The number of nitrogens with one attached hydrogen (secondary N) is 2. The van der Waals surface area contributed by atoms with Gasteiger partial charge in [-0.05, 0) is 67.0 Å². The largest absolute Gasteiger partial charge is 0.481 e. The Labute approximate surface area is 327 Å². The third-order valence-corrected chi connectivity index (χ3v) is 11.3. The number of carboxylic acid groups (broad SMARTS) is 1. The van der Waals surface area contributed by atoms with Crippen LogP contribution in [0.25, 0.3) is 22.4 Å². The minimum Gasteiger partial charge on any atom is -0.481 e. The molecule has 1 amide bonds. The highest BCUT2D eigenvalue weighted by Gasteiger charge is 2.41. The molecule has 0 saturated carbocycles. The van der Waals surface area contributed by atoms with Gasteiger partial charge in [0.25, 0.3) is 0 Å². The number of methoxy groups -OCH3 is 2. The number of carboxylic acids is 1. The fraction of sp³-hybridized carbons (Fsp3) is 0.415. The lowest BCUT2D eigenvalue weighted by atomic mass is 9.94. The molecule has 3 N–H and O–H groups in total. The highest BCUT2D eigenvalue weighted by atomic mass is 35.5. The van der Waals surface area contributed by atoms with Crippen LogP contribution in [-0.2, 0) is 35.3 Å². The van der Waals surface area contributed by atoms with Gasteiger partial charge in [0.15, 0.2) is 0 Å². The summed E-state index contributed by atoms with van der Waals surface area (Å²) in [5, 5.41) is 16.5. The molecule has 4 heterocycles. The van der Waals surface area contributed by atoms with Gasteiger partial charge >= 0.3 is 12.1 Å². The fourth-order valence-corrected chi connectivity index (χ4v) is 8.46. The lowest BCUT2D eigenvalue weighted by Crippen LogP contribution is -2.38. The third-order valence-electron chi connectivity index (χ3n) is 10.9. The second-order valence-electron chi connectivity index (χ2n) is 14.5. The van der Waals surface area contributed by atoms with Crippen molar-refractivity contribution in [3.05, 3.63) is 87.4 Å². The van der Waals surface area contributed by atoms with E-state index in [1.165, 1.54) is 7.11 Å². The number of hydrogen-bond acceptors (Lipinski definition) is 9. The van der Waals surface area contributed by atoms with Gasteiger partial charge in [0.1, 0.15) is 17.7 Å². The second-order valence-corrected chi connectivity index (χ2v) is 14.9. The molecule has 296 valence electrons. The van der Waals surface area contributed by atoms with Crippen molar-refractivity contribution in [1.29, 1.82) is 0 Å². The standard InChI is InChI=1S/C41H43ClF3N5O6/c1-22-16-17-50(36(22)40(52)53)21-24-18-31(41(43,44)45)39(49-38(24)55-3)56-33-14-12-27-26(6-4-7-28(27)33)29-8-5-9-30(35(29)42)32-13-10-23(37(48-32)54-2)19-46-20-25-11-15-34(51)47-25/h4-10,13,18,22,25,33,36,46H,11-12,14-17,19-21H2,1-3H3,(H,47,51)(H,52,53)/t22-,25-,33-,36-/m0/s1. The molecule has 2 aromatic carbocycles. The van der Waals surface area contributed by atoms with Gasteiger partial charge in [0, 0.05) is 54.4 Å². The summed E-state index contributed by atoms with van der Waals surface area (Å²) in [5.74, 6) is -1.32. The molecule has 0 radical (unpaired) electrons. The molecule has 0 unspecified atom stereocenters. The Kier molecular flexibility index (Phi) is 11.4. The Morgan fingerprint density at radius 2 is 1.70 bits per heavy atom. The number of aliphatic carboxylic acids is 1. The average Bonchev–Trinajstić information content (AvgIpc) is 3.89. The number of amides is 1. The SMILES string of the molecule is COc1nc(-c2cccc(-c3cccc4c3CC[C@@H]4Oc3nc(OC)c(CN4CC[C@H](C)[C@H]4C(=O)O)cc3C(F)(F)F)c2Cl)ccc1CNC[C@@H]1CCC(=O)N1. The van der Waals surface area contributed by atoms with E-state index in [9.17, 15) is 27.9 Å². The molecule has 2 saturated heterocycles. The Morgan fingerprint density at radius 1 is 0.964 bits per heavy atom. The number of pyridine rings is 2. The first-order chi connectivity index (χ1) is 26.9. The molecule has 2 fully saturated rings. The van der Waals surface area contributed by atoms with E-state index in [1.54, 1.807) is 12.0 Å². The lowest BCUT2D eigenvalue weighted by molar-refractivity contribution is -0.144. The number of hydrogen-bond donors (Lipinski definition) is 3. The Balaban J connectivity index is 1.13. The van der Waals surface area contributed by atoms with Crippen molar-refractivity contribution in [3.8, 4) is 40.0 Å². The van der Waals surface area contributed by atoms with Gasteiger partial charge < -0.3 is 30.0 Å². The van der Waals surface area contributed by atoms with E-state index in [-0.39, 0.29) is 35.9 Å². The number of carbonyl (C=O) groups is 2. The van der Waals surface area contributed by atoms with Gasteiger partial charge in [-0.3, -0.25) is 14.5 Å². The normalized spacial score (nSPS) is 20.9. The maximum absolute atomic E-state index is 14.6. The van der Waals surface area contributed by atoms with Crippen molar-refractivity contribution in [2.75, 3.05) is 27.3 Å². The maximum atomic E-state index is 14.6. The highest BCUT2D eigenvalue weighted by molar-refractivity contribution is 6.36. The first-order valence-corrected chi connectivity index (χ1v) is 19.0. The van der Waals surface area contributed by atoms with E-state index in [2.05, 4.69) is 15.6 Å². The van der Waals surface area contributed by atoms with Crippen molar-refractivity contribution in [3.63, 3.8) is 0 Å². The number of nitrogens with zero attached hydrogens (tertiary/aromatic N) is 3. The summed E-state index contributed by atoms with van der Waals surface area (Å²) in [6.45, 7) is 3.30. The summed E-state index contributed by atoms with van der Waals surface area (Å²) in [5.41, 5.74) is 4.42. The number of rotatable bonds is 13. The molecule has 4 aromatic rings. The second kappa shape index (κ2) is 16.3. The first kappa shape index (κ1) is 39.3. The van der Waals surface area contributed by atoms with Crippen LogP contribution in [-0.4, -0.2) is 71.2 Å². The number of likely N-dealkylation sites (tertiary alicyclic amines) is 1. The molecule has 2 aromatic heterocycles. The van der Waals surface area contributed by atoms with Crippen LogP contribution in [0.3, 0.4) is 0 Å². The molecule has 11 nitrogen and oxygen atoms in total. The molecule has 2 aliphatic heterocycles. The van der Waals surface area contributed by atoms with Crippen molar-refractivity contribution in [1.82, 2.24) is 25.5 Å². The van der Waals surface area contributed by atoms with Crippen LogP contribution >= 0.6 is 11.6 Å². The van der Waals surface area contributed by atoms with Gasteiger partial charge in [0.2, 0.25) is 23.5 Å². The van der Waals surface area contributed by atoms with Crippen LogP contribution in [0.15, 0.2) is 54.6 Å². The van der Waals surface area contributed by atoms with Gasteiger partial charge in [-0.15, -0.1) is 0 Å². The molecule has 3 aliphatic rings. The number of benzene rings is 2. The third kappa shape index (κ3) is 8.00. The molecule has 4 atom stereocenters. The maximum Gasteiger partial charge on any atom is 0.421 e. The topological polar surface area (TPSA) is 135 Å². The van der Waals surface area contributed by atoms with E-state index in [0.29, 0.717) is 67.5 Å². The van der Waals surface area contributed by atoms with E-state index >= 15 is 0 Å². The summed E-state index contributed by atoms with van der Waals surface area (Å²) < 4.78 is 61.0. The van der Waals surface area contributed by atoms with Gasteiger partial charge in [-0.2, -0.15) is 18.2 Å². The fourth-order valence-electron chi connectivity index (χ4n) is 8.13. The Bertz CT molecular complexity index is 2130. The van der Waals surface area contributed by atoms with Crippen LogP contribution in [0.4, 0.5) is 13.2 Å². The zero-order valence-electron chi connectivity index (χ0n) is 31.2. The number of halogens is 4. The summed E-state index contributed by atoms with van der Waals surface area (Å²) in [4.78, 5) is 34.1. The van der Waals surface area contributed by atoms with Crippen LogP contribution in [0, 0.1) is 5.92 Å². The van der Waals surface area contributed by atoms with Crippen LogP contribution < -0.4 is 24.8 Å². The number of alkyl halides is 3. The summed E-state index contributed by atoms with van der Waals surface area (Å²) in [6.07, 6.45) is -2.66. The van der Waals surface area contributed by atoms with Crippen molar-refractivity contribution in [2.45, 2.75) is 76.5 Å². The van der Waals surface area contributed by atoms with Crippen molar-refractivity contribution >= 4 is 23.5 Å². The summed E-state index contributed by atoms with van der Waals surface area (Å²) in [6, 6.07) is 15.3. The van der Waals surface area contributed by atoms with Gasteiger partial charge in [-0.1, -0.05) is 61.0 Å². The lowest BCUT2D eigenvalue weighted by Gasteiger charge is -2.25. The predicted octanol–water partition coefficient (Wildman–Crippen LogP) is 7.23. The molecule has 56 heavy (non-hydrogen) atoms. The molecule has 0 spiro atoms. The highest BCUT2D eigenvalue weighted by Crippen LogP contribution is 2.46. The van der Waals surface area contributed by atoms with E-state index in [4.69, 9.17) is 30.8 Å². The van der Waals surface area contributed by atoms with E-state index in [1.807, 2.05) is 55.5 Å². The number of ether oxygens (including phenoxy) is 3. The molecular weight excluding hydrogens is 751 g/mol. The summed E-state index contributed by atoms with van der Waals surface area (Å²) >= 11 is 7.12. The van der Waals surface area contributed by atoms with Crippen LogP contribution in [0.5, 0.6) is 17.6 Å². The van der Waals surface area contributed by atoms with Gasteiger partial charge in [0.05, 0.1) is 24.9 Å². The monoisotopic (exact) mass is 793 g/mol. The van der Waals surface area contributed by atoms with Crippen LogP contribution in [0.2, 0.25) is 5.02 Å². The van der Waals surface area contributed by atoms with Gasteiger partial charge in [-0.25, -0.2) is 4.98 Å². The zero-order chi connectivity index (χ0) is 39.7. The number of fused-ring (bicyclic) bond motifs is 1. The van der Waals surface area contributed by atoms with Crippen molar-refractivity contribution < 1.29 is 42.1 Å². The van der Waals surface area contributed by atoms with Crippen molar-refractivity contribution in [2.24, 2.45) is 5.92 Å². The molecule has 7 rings (SSSR count). The molecule has 1 aliphatic carbocycles. The predicted molar refractivity (Wildman–Crippen MR) is 203 cm³/mol. The number of aromatic nitrogens is 2. The summed E-state index contributed by atoms with van der Waals surface area (Å²) in [7, 11) is 2.87. The molecular formula is C41H43ClF3N5O6.